The van der Waals surface area contributed by atoms with E-state index in [2.05, 4.69) is 15.3 Å². The molecule has 1 aromatic heterocycles. The van der Waals surface area contributed by atoms with Gasteiger partial charge in [0, 0.05) is 42.4 Å². The molecule has 31 heavy (non-hydrogen) atoms. The van der Waals surface area contributed by atoms with E-state index in [0.717, 1.165) is 49.8 Å². The number of benzene rings is 1. The highest BCUT2D eigenvalue weighted by Gasteiger charge is 2.38. The minimum atomic E-state index is -0.309. The molecule has 1 atom stereocenters. The second kappa shape index (κ2) is 8.34. The molecule has 162 valence electrons. The lowest BCUT2D eigenvalue weighted by Gasteiger charge is -2.31. The number of amides is 2. The van der Waals surface area contributed by atoms with Gasteiger partial charge in [-0.3, -0.25) is 24.4 Å². The third kappa shape index (κ3) is 3.92. The normalized spacial score (nSPS) is 25.4. The van der Waals surface area contributed by atoms with E-state index < -0.39 is 0 Å². The molecule has 2 fully saturated rings. The van der Waals surface area contributed by atoms with Crippen LogP contribution >= 0.6 is 0 Å². The highest BCUT2D eigenvalue weighted by Crippen LogP contribution is 2.36. The first-order chi connectivity index (χ1) is 15.1. The molecule has 1 N–H and O–H groups in total. The highest BCUT2D eigenvalue weighted by atomic mass is 19.1. The van der Waals surface area contributed by atoms with Crippen LogP contribution in [0.5, 0.6) is 0 Å². The number of halogens is 1. The Hall–Kier alpha value is -2.87. The Morgan fingerprint density at radius 3 is 2.81 bits per heavy atom. The number of carbonyl (C=O) groups excluding carboxylic acids is 2. The van der Waals surface area contributed by atoms with Crippen LogP contribution in [0, 0.1) is 17.7 Å². The van der Waals surface area contributed by atoms with Crippen LogP contribution in [-0.2, 0) is 22.6 Å². The standard InChI is InChI=1S/C23H25FN4O3/c24-19-11-15(10-17-18(19)12-27-22(17)29)9-14-1-3-16(4-2-14)23(30)28-21(5-8-31-28)20-13-25-6-7-26-20/h6-7,10-11,13-14,16,21H,1-5,8-9,12H2,(H,27,29)/t14-,16-,21-/m0/s1. The molecule has 0 radical (unpaired) electrons. The first-order valence-electron chi connectivity index (χ1n) is 10.9. The minimum Gasteiger partial charge on any atom is -0.348 e. The van der Waals surface area contributed by atoms with Gasteiger partial charge in [0.1, 0.15) is 11.9 Å². The molecule has 0 bridgehead atoms. The van der Waals surface area contributed by atoms with Crippen LogP contribution in [0.4, 0.5) is 4.39 Å². The van der Waals surface area contributed by atoms with E-state index in [-0.39, 0.29) is 36.1 Å². The van der Waals surface area contributed by atoms with Gasteiger partial charge in [0.2, 0.25) is 5.91 Å². The van der Waals surface area contributed by atoms with Crippen molar-refractivity contribution < 1.29 is 18.8 Å². The topological polar surface area (TPSA) is 84.4 Å². The van der Waals surface area contributed by atoms with Gasteiger partial charge in [-0.1, -0.05) is 0 Å². The van der Waals surface area contributed by atoms with Crippen molar-refractivity contribution in [2.45, 2.75) is 51.1 Å². The molecule has 2 aliphatic heterocycles. The number of nitrogens with one attached hydrogen (secondary N) is 1. The van der Waals surface area contributed by atoms with E-state index >= 15 is 0 Å². The van der Waals surface area contributed by atoms with Crippen molar-refractivity contribution in [3.05, 3.63) is 58.9 Å². The fraction of sp³-hybridized carbons (Fsp3) is 0.478. The molecule has 2 amide bonds. The van der Waals surface area contributed by atoms with Gasteiger partial charge in [0.05, 0.1) is 18.5 Å². The van der Waals surface area contributed by atoms with Gasteiger partial charge in [-0.25, -0.2) is 9.45 Å². The fourth-order valence-electron chi connectivity index (χ4n) is 5.02. The predicted molar refractivity (Wildman–Crippen MR) is 109 cm³/mol. The van der Waals surface area contributed by atoms with Crippen LogP contribution in [-0.4, -0.2) is 33.5 Å². The maximum Gasteiger partial charge on any atom is 0.252 e. The summed E-state index contributed by atoms with van der Waals surface area (Å²) in [5.41, 5.74) is 2.53. The second-order valence-corrected chi connectivity index (χ2v) is 8.64. The molecular formula is C23H25FN4O3. The van der Waals surface area contributed by atoms with Gasteiger partial charge in [0.25, 0.3) is 5.91 Å². The van der Waals surface area contributed by atoms with Crippen molar-refractivity contribution >= 4 is 11.8 Å². The first kappa shape index (κ1) is 20.1. The predicted octanol–water partition coefficient (Wildman–Crippen LogP) is 3.11. The summed E-state index contributed by atoms with van der Waals surface area (Å²) in [5.74, 6) is -0.187. The number of rotatable bonds is 4. The van der Waals surface area contributed by atoms with Crippen LogP contribution in [0.3, 0.4) is 0 Å². The molecule has 1 aromatic carbocycles. The Labute approximate surface area is 180 Å². The van der Waals surface area contributed by atoms with Crippen molar-refractivity contribution in [2.24, 2.45) is 11.8 Å². The van der Waals surface area contributed by atoms with Crippen LogP contribution in [0.25, 0.3) is 0 Å². The van der Waals surface area contributed by atoms with Crippen molar-refractivity contribution in [1.82, 2.24) is 20.3 Å². The summed E-state index contributed by atoms with van der Waals surface area (Å²) >= 11 is 0. The van der Waals surface area contributed by atoms with Gasteiger partial charge in [0.15, 0.2) is 0 Å². The van der Waals surface area contributed by atoms with E-state index in [0.29, 0.717) is 23.7 Å². The third-order valence-corrected chi connectivity index (χ3v) is 6.69. The average molecular weight is 424 g/mol. The number of nitrogens with zero attached hydrogens (tertiary/aromatic N) is 3. The van der Waals surface area contributed by atoms with Crippen LogP contribution < -0.4 is 5.32 Å². The lowest BCUT2D eigenvalue weighted by atomic mass is 9.78. The number of hydroxylamine groups is 2. The number of carbonyl (C=O) groups is 2. The van der Waals surface area contributed by atoms with Crippen molar-refractivity contribution in [2.75, 3.05) is 6.61 Å². The smallest absolute Gasteiger partial charge is 0.252 e. The highest BCUT2D eigenvalue weighted by molar-refractivity contribution is 5.98. The summed E-state index contributed by atoms with van der Waals surface area (Å²) in [6.45, 7) is 0.765. The summed E-state index contributed by atoms with van der Waals surface area (Å²) in [6, 6.07) is 3.20. The summed E-state index contributed by atoms with van der Waals surface area (Å²) in [4.78, 5) is 39.1. The van der Waals surface area contributed by atoms with Crippen LogP contribution in [0.2, 0.25) is 0 Å². The first-order valence-corrected chi connectivity index (χ1v) is 10.9. The van der Waals surface area contributed by atoms with E-state index in [4.69, 9.17) is 4.84 Å². The maximum atomic E-state index is 14.3. The molecule has 1 saturated carbocycles. The summed E-state index contributed by atoms with van der Waals surface area (Å²) in [7, 11) is 0. The zero-order chi connectivity index (χ0) is 21.4. The van der Waals surface area contributed by atoms with E-state index in [1.807, 2.05) is 6.07 Å². The lowest BCUT2D eigenvalue weighted by Crippen LogP contribution is -2.37. The van der Waals surface area contributed by atoms with Gasteiger partial charge in [-0.05, 0) is 55.7 Å². The molecule has 0 unspecified atom stereocenters. The van der Waals surface area contributed by atoms with Crippen molar-refractivity contribution in [1.29, 1.82) is 0 Å². The summed E-state index contributed by atoms with van der Waals surface area (Å²) in [5, 5.41) is 4.18. The Kier molecular flexibility index (Phi) is 5.40. The monoisotopic (exact) mass is 424 g/mol. The third-order valence-electron chi connectivity index (χ3n) is 6.69. The van der Waals surface area contributed by atoms with Gasteiger partial charge in [-0.2, -0.15) is 0 Å². The molecule has 0 spiro atoms. The molecule has 1 saturated heterocycles. The maximum absolute atomic E-state index is 14.3. The molecule has 1 aliphatic carbocycles. The average Bonchev–Trinajstić information content (AvgIpc) is 3.42. The molecule has 3 aliphatic rings. The molecular weight excluding hydrogens is 399 g/mol. The molecule has 8 heteroatoms. The second-order valence-electron chi connectivity index (χ2n) is 8.64. The summed E-state index contributed by atoms with van der Waals surface area (Å²) in [6.07, 6.45) is 9.73. The number of hydrogen-bond donors (Lipinski definition) is 1. The summed E-state index contributed by atoms with van der Waals surface area (Å²) < 4.78 is 14.3. The van der Waals surface area contributed by atoms with Gasteiger partial charge >= 0.3 is 0 Å². The zero-order valence-corrected chi connectivity index (χ0v) is 17.2. The van der Waals surface area contributed by atoms with Crippen molar-refractivity contribution in [3.8, 4) is 0 Å². The molecule has 3 heterocycles. The fourth-order valence-corrected chi connectivity index (χ4v) is 5.02. The SMILES string of the molecule is O=C1NCc2c(F)cc(C[C@H]3CC[C@H](C(=O)N4OCC[C@H]4c4cnccn4)CC3)cc21. The molecule has 2 aromatic rings. The van der Waals surface area contributed by atoms with E-state index in [1.54, 1.807) is 24.7 Å². The molecule has 5 rings (SSSR count). The van der Waals surface area contributed by atoms with E-state index in [9.17, 15) is 14.0 Å². The Bertz CT molecular complexity index is 992. The Morgan fingerprint density at radius 1 is 1.19 bits per heavy atom. The van der Waals surface area contributed by atoms with E-state index in [1.165, 1.54) is 5.06 Å². The Balaban J connectivity index is 1.20. The number of hydrogen-bond acceptors (Lipinski definition) is 5. The largest absolute Gasteiger partial charge is 0.348 e. The minimum absolute atomic E-state index is 0.0202. The van der Waals surface area contributed by atoms with Crippen LogP contribution in [0.15, 0.2) is 30.7 Å². The number of aromatic nitrogens is 2. The van der Waals surface area contributed by atoms with Gasteiger partial charge in [-0.15, -0.1) is 0 Å². The lowest BCUT2D eigenvalue weighted by molar-refractivity contribution is -0.183. The molecule has 7 nitrogen and oxygen atoms in total. The Morgan fingerprint density at radius 2 is 2.03 bits per heavy atom. The van der Waals surface area contributed by atoms with Gasteiger partial charge < -0.3 is 5.32 Å². The quantitative estimate of drug-likeness (QED) is 0.815. The zero-order valence-electron chi connectivity index (χ0n) is 17.2. The van der Waals surface area contributed by atoms with Crippen LogP contribution in [0.1, 0.15) is 65.3 Å². The number of fused-ring (bicyclic) bond motifs is 1. The van der Waals surface area contributed by atoms with Crippen molar-refractivity contribution in [3.63, 3.8) is 0 Å².